The minimum absolute atomic E-state index is 0.186. The lowest BCUT2D eigenvalue weighted by Crippen LogP contribution is -1.82. The highest BCUT2D eigenvalue weighted by atomic mass is 79.9. The number of rotatable bonds is 0. The quantitative estimate of drug-likeness (QED) is 0.650. The van der Waals surface area contributed by atoms with E-state index in [4.69, 9.17) is 0 Å². The lowest BCUT2D eigenvalue weighted by Gasteiger charge is -2.03. The molecule has 0 aliphatic heterocycles. The Labute approximate surface area is 84.5 Å². The molecule has 0 fully saturated rings. The molecule has 0 spiro atoms. The van der Waals surface area contributed by atoms with Crippen molar-refractivity contribution >= 4 is 26.7 Å². The average Bonchev–Trinajstić information content (AvgIpc) is 2.12. The van der Waals surface area contributed by atoms with E-state index in [0.29, 0.717) is 0 Å². The highest BCUT2D eigenvalue weighted by Gasteiger charge is 2.01. The molecule has 0 nitrogen and oxygen atoms in total. The number of benzene rings is 2. The summed E-state index contributed by atoms with van der Waals surface area (Å²) in [7, 11) is 0. The molecule has 0 atom stereocenters. The van der Waals surface area contributed by atoms with Gasteiger partial charge in [-0.25, -0.2) is 4.39 Å². The molecule has 0 aliphatic carbocycles. The van der Waals surface area contributed by atoms with Crippen LogP contribution < -0.4 is 0 Å². The number of aryl methyl sites for hydroxylation is 1. The fourth-order valence-corrected chi connectivity index (χ4v) is 1.76. The average molecular weight is 239 g/mol. The topological polar surface area (TPSA) is 0 Å². The monoisotopic (exact) mass is 238 g/mol. The summed E-state index contributed by atoms with van der Waals surface area (Å²) in [5.41, 5.74) is 1.08. The van der Waals surface area contributed by atoms with Gasteiger partial charge in [0.1, 0.15) is 5.82 Å². The van der Waals surface area contributed by atoms with Gasteiger partial charge in [0.25, 0.3) is 0 Å². The number of hydrogen-bond donors (Lipinski definition) is 0. The molecule has 0 N–H and O–H groups in total. The molecule has 0 bridgehead atoms. The van der Waals surface area contributed by atoms with E-state index in [1.807, 2.05) is 19.1 Å². The number of fused-ring (bicyclic) bond motifs is 1. The van der Waals surface area contributed by atoms with Crippen molar-refractivity contribution in [2.75, 3.05) is 0 Å². The van der Waals surface area contributed by atoms with E-state index in [9.17, 15) is 4.39 Å². The molecule has 0 saturated carbocycles. The van der Waals surface area contributed by atoms with Crippen LogP contribution in [0.3, 0.4) is 0 Å². The van der Waals surface area contributed by atoms with Crippen molar-refractivity contribution in [1.82, 2.24) is 0 Å². The van der Waals surface area contributed by atoms with E-state index < -0.39 is 0 Å². The number of halogens is 2. The zero-order valence-corrected chi connectivity index (χ0v) is 8.73. The summed E-state index contributed by atoms with van der Waals surface area (Å²) < 4.78 is 14.0. The van der Waals surface area contributed by atoms with Crippen LogP contribution in [0.2, 0.25) is 0 Å². The summed E-state index contributed by atoms with van der Waals surface area (Å²) in [5, 5.41) is 2.04. The van der Waals surface area contributed by atoms with E-state index >= 15 is 0 Å². The van der Waals surface area contributed by atoms with E-state index in [1.165, 1.54) is 6.07 Å². The fraction of sp³-hybridized carbons (Fsp3) is 0.0909. The van der Waals surface area contributed by atoms with E-state index in [-0.39, 0.29) is 5.82 Å². The summed E-state index contributed by atoms with van der Waals surface area (Å²) in [6, 6.07) is 8.80. The largest absolute Gasteiger partial charge is 0.207 e. The molecule has 0 saturated heterocycles. The van der Waals surface area contributed by atoms with Crippen molar-refractivity contribution in [2.24, 2.45) is 0 Å². The molecule has 2 heteroatoms. The zero-order chi connectivity index (χ0) is 9.42. The summed E-state index contributed by atoms with van der Waals surface area (Å²) in [4.78, 5) is 0. The van der Waals surface area contributed by atoms with Gasteiger partial charge in [0.05, 0.1) is 0 Å². The maximum absolute atomic E-state index is 12.9. The normalized spacial score (nSPS) is 10.7. The van der Waals surface area contributed by atoms with Crippen molar-refractivity contribution in [3.63, 3.8) is 0 Å². The van der Waals surface area contributed by atoms with Gasteiger partial charge in [0.15, 0.2) is 0 Å². The van der Waals surface area contributed by atoms with Crippen molar-refractivity contribution < 1.29 is 4.39 Å². The van der Waals surface area contributed by atoms with Gasteiger partial charge < -0.3 is 0 Å². The predicted octanol–water partition coefficient (Wildman–Crippen LogP) is 4.05. The van der Waals surface area contributed by atoms with Crippen LogP contribution in [0.25, 0.3) is 10.8 Å². The van der Waals surface area contributed by atoms with E-state index in [1.54, 1.807) is 12.1 Å². The summed E-state index contributed by atoms with van der Waals surface area (Å²) in [6.45, 7) is 1.98. The van der Waals surface area contributed by atoms with Crippen LogP contribution in [0.5, 0.6) is 0 Å². The maximum atomic E-state index is 12.9. The van der Waals surface area contributed by atoms with Crippen molar-refractivity contribution in [3.8, 4) is 0 Å². The Hall–Kier alpha value is -0.890. The molecule has 0 heterocycles. The van der Waals surface area contributed by atoms with Crippen LogP contribution in [0.15, 0.2) is 34.8 Å². The second kappa shape index (κ2) is 3.11. The SMILES string of the molecule is Cc1c(Br)ccc2ccc(F)cc12. The second-order valence-electron chi connectivity index (χ2n) is 3.04. The molecule has 0 amide bonds. The van der Waals surface area contributed by atoms with Gasteiger partial charge in [0, 0.05) is 4.47 Å². The Morgan fingerprint density at radius 2 is 1.85 bits per heavy atom. The Morgan fingerprint density at radius 3 is 2.62 bits per heavy atom. The van der Waals surface area contributed by atoms with Gasteiger partial charge in [-0.3, -0.25) is 0 Å². The maximum Gasteiger partial charge on any atom is 0.123 e. The fourth-order valence-electron chi connectivity index (χ4n) is 1.42. The zero-order valence-electron chi connectivity index (χ0n) is 7.14. The van der Waals surface area contributed by atoms with Crippen molar-refractivity contribution in [1.29, 1.82) is 0 Å². The summed E-state index contributed by atoms with van der Waals surface area (Å²) >= 11 is 3.42. The molecule has 2 aromatic carbocycles. The first-order valence-electron chi connectivity index (χ1n) is 4.03. The summed E-state index contributed by atoms with van der Waals surface area (Å²) in [5.74, 6) is -0.186. The molecule has 0 radical (unpaired) electrons. The van der Waals surface area contributed by atoms with Crippen LogP contribution in [-0.4, -0.2) is 0 Å². The minimum atomic E-state index is -0.186. The first-order chi connectivity index (χ1) is 6.18. The highest BCUT2D eigenvalue weighted by Crippen LogP contribution is 2.25. The van der Waals surface area contributed by atoms with Gasteiger partial charge in [-0.05, 0) is 41.5 Å². The van der Waals surface area contributed by atoms with Crippen LogP contribution in [-0.2, 0) is 0 Å². The third kappa shape index (κ3) is 1.46. The second-order valence-corrected chi connectivity index (χ2v) is 3.89. The van der Waals surface area contributed by atoms with Gasteiger partial charge >= 0.3 is 0 Å². The Bertz CT molecular complexity index is 458. The smallest absolute Gasteiger partial charge is 0.123 e. The highest BCUT2D eigenvalue weighted by molar-refractivity contribution is 9.10. The van der Waals surface area contributed by atoms with Crippen LogP contribution >= 0.6 is 15.9 Å². The molecule has 2 rings (SSSR count). The molecule has 2 aromatic rings. The Balaban J connectivity index is 2.89. The lowest BCUT2D eigenvalue weighted by molar-refractivity contribution is 0.629. The van der Waals surface area contributed by atoms with E-state index in [0.717, 1.165) is 20.8 Å². The first-order valence-corrected chi connectivity index (χ1v) is 4.82. The molecule has 0 aliphatic rings. The van der Waals surface area contributed by atoms with Gasteiger partial charge in [0.2, 0.25) is 0 Å². The molecule has 13 heavy (non-hydrogen) atoms. The van der Waals surface area contributed by atoms with Crippen LogP contribution in [0.4, 0.5) is 4.39 Å². The van der Waals surface area contributed by atoms with Gasteiger partial charge in [-0.1, -0.05) is 28.1 Å². The predicted molar refractivity (Wildman–Crippen MR) is 56.3 cm³/mol. The molecular weight excluding hydrogens is 231 g/mol. The minimum Gasteiger partial charge on any atom is -0.207 e. The molecular formula is C11H8BrF. The van der Waals surface area contributed by atoms with Crippen LogP contribution in [0.1, 0.15) is 5.56 Å². The summed E-state index contributed by atoms with van der Waals surface area (Å²) in [6.07, 6.45) is 0. The van der Waals surface area contributed by atoms with E-state index in [2.05, 4.69) is 15.9 Å². The van der Waals surface area contributed by atoms with Crippen LogP contribution in [0, 0.1) is 12.7 Å². The standard InChI is InChI=1S/C11H8BrF/c1-7-10-6-9(13)4-2-8(10)3-5-11(7)12/h2-6H,1H3. The van der Waals surface area contributed by atoms with Crippen molar-refractivity contribution in [3.05, 3.63) is 46.2 Å². The Morgan fingerprint density at radius 1 is 1.15 bits per heavy atom. The third-order valence-electron chi connectivity index (χ3n) is 2.19. The number of hydrogen-bond acceptors (Lipinski definition) is 0. The van der Waals surface area contributed by atoms with Gasteiger partial charge in [-0.2, -0.15) is 0 Å². The molecule has 0 unspecified atom stereocenters. The first kappa shape index (κ1) is 8.70. The van der Waals surface area contributed by atoms with Gasteiger partial charge in [-0.15, -0.1) is 0 Å². The third-order valence-corrected chi connectivity index (χ3v) is 3.05. The molecule has 66 valence electrons. The lowest BCUT2D eigenvalue weighted by atomic mass is 10.1. The van der Waals surface area contributed by atoms with Crippen molar-refractivity contribution in [2.45, 2.75) is 6.92 Å². The molecule has 0 aromatic heterocycles. The Kier molecular flexibility index (Phi) is 2.08.